The Labute approximate surface area is 130 Å². The normalized spacial score (nSPS) is 16.0. The molecule has 1 saturated heterocycles. The van der Waals surface area contributed by atoms with Crippen molar-refractivity contribution in [1.82, 2.24) is 4.90 Å². The van der Waals surface area contributed by atoms with Crippen molar-refractivity contribution < 1.29 is 19.1 Å². The Balaban J connectivity index is 1.98. The number of anilines is 1. The molecule has 1 aliphatic heterocycles. The van der Waals surface area contributed by atoms with Crippen LogP contribution in [-0.4, -0.2) is 63.3 Å². The average Bonchev–Trinajstić information content (AvgIpc) is 2.54. The minimum atomic E-state index is -0.798. The van der Waals surface area contributed by atoms with Crippen LogP contribution < -0.4 is 4.90 Å². The van der Waals surface area contributed by atoms with Gasteiger partial charge in [-0.3, -0.25) is 4.79 Å². The second-order valence-corrected chi connectivity index (χ2v) is 5.43. The van der Waals surface area contributed by atoms with Crippen LogP contribution in [0.15, 0.2) is 24.3 Å². The van der Waals surface area contributed by atoms with E-state index in [-0.39, 0.29) is 5.91 Å². The number of ether oxygens (including phenoxy) is 2. The number of morpholine rings is 1. The topological polar surface area (TPSA) is 59.1 Å². The largest absolute Gasteiger partial charge is 0.449 e. The highest BCUT2D eigenvalue weighted by atomic mass is 16.5. The molecule has 0 spiro atoms. The van der Waals surface area contributed by atoms with Gasteiger partial charge in [0.05, 0.1) is 18.8 Å². The van der Waals surface area contributed by atoms with E-state index in [2.05, 4.69) is 0 Å². The number of nitrogens with zero attached hydrogens (tertiary/aromatic N) is 2. The molecule has 1 aromatic carbocycles. The SMILES string of the molecule is CC(OC(=O)c1cccc(N(C)C)c1)C(=O)N1CCOCC1. The van der Waals surface area contributed by atoms with Gasteiger partial charge in [-0.25, -0.2) is 4.79 Å². The lowest BCUT2D eigenvalue weighted by Crippen LogP contribution is -2.46. The van der Waals surface area contributed by atoms with Crippen LogP contribution in [0.2, 0.25) is 0 Å². The number of hydrogen-bond donors (Lipinski definition) is 0. The summed E-state index contributed by atoms with van der Waals surface area (Å²) in [5.41, 5.74) is 1.34. The highest BCUT2D eigenvalue weighted by Gasteiger charge is 2.25. The lowest BCUT2D eigenvalue weighted by Gasteiger charge is -2.29. The summed E-state index contributed by atoms with van der Waals surface area (Å²) in [5, 5.41) is 0. The molecule has 0 radical (unpaired) electrons. The van der Waals surface area contributed by atoms with Crippen molar-refractivity contribution in [2.45, 2.75) is 13.0 Å². The first-order valence-corrected chi connectivity index (χ1v) is 7.34. The molecule has 0 N–H and O–H groups in total. The maximum Gasteiger partial charge on any atom is 0.338 e. The number of esters is 1. The summed E-state index contributed by atoms with van der Waals surface area (Å²) in [5.74, 6) is -0.668. The van der Waals surface area contributed by atoms with Crippen molar-refractivity contribution in [1.29, 1.82) is 0 Å². The zero-order valence-electron chi connectivity index (χ0n) is 13.2. The van der Waals surface area contributed by atoms with Crippen molar-refractivity contribution in [2.24, 2.45) is 0 Å². The molecule has 1 aromatic rings. The summed E-state index contributed by atoms with van der Waals surface area (Å²) in [7, 11) is 3.80. The molecular formula is C16H22N2O4. The molecule has 0 bridgehead atoms. The fourth-order valence-corrected chi connectivity index (χ4v) is 2.23. The zero-order valence-corrected chi connectivity index (χ0v) is 13.2. The maximum absolute atomic E-state index is 12.2. The van der Waals surface area contributed by atoms with Gasteiger partial charge in [0, 0.05) is 32.9 Å². The summed E-state index contributed by atoms with van der Waals surface area (Å²) in [6, 6.07) is 7.12. The Hall–Kier alpha value is -2.08. The van der Waals surface area contributed by atoms with E-state index in [0.717, 1.165) is 5.69 Å². The summed E-state index contributed by atoms with van der Waals surface area (Å²) in [6.07, 6.45) is -0.798. The van der Waals surface area contributed by atoms with Gasteiger partial charge < -0.3 is 19.3 Å². The minimum Gasteiger partial charge on any atom is -0.449 e. The zero-order chi connectivity index (χ0) is 16.1. The van der Waals surface area contributed by atoms with Crippen molar-refractivity contribution in [3.8, 4) is 0 Å². The summed E-state index contributed by atoms with van der Waals surface area (Å²) >= 11 is 0. The molecule has 120 valence electrons. The summed E-state index contributed by atoms with van der Waals surface area (Å²) in [4.78, 5) is 28.0. The molecular weight excluding hydrogens is 284 g/mol. The van der Waals surface area contributed by atoms with E-state index < -0.39 is 12.1 Å². The van der Waals surface area contributed by atoms with Crippen LogP contribution >= 0.6 is 0 Å². The van der Waals surface area contributed by atoms with Gasteiger partial charge >= 0.3 is 5.97 Å². The molecule has 1 heterocycles. The number of rotatable bonds is 4. The molecule has 2 rings (SSSR count). The third-order valence-corrected chi connectivity index (χ3v) is 3.55. The number of carbonyl (C=O) groups excluding carboxylic acids is 2. The average molecular weight is 306 g/mol. The van der Waals surface area contributed by atoms with Gasteiger partial charge in [-0.05, 0) is 25.1 Å². The second kappa shape index (κ2) is 7.26. The van der Waals surface area contributed by atoms with Crippen molar-refractivity contribution in [3.63, 3.8) is 0 Å². The van der Waals surface area contributed by atoms with Gasteiger partial charge in [-0.2, -0.15) is 0 Å². The van der Waals surface area contributed by atoms with Crippen LogP contribution in [0.4, 0.5) is 5.69 Å². The first kappa shape index (κ1) is 16.3. The molecule has 6 heteroatoms. The molecule has 1 fully saturated rings. The molecule has 1 amide bonds. The fraction of sp³-hybridized carbons (Fsp3) is 0.500. The van der Waals surface area contributed by atoms with Crippen LogP contribution in [0.25, 0.3) is 0 Å². The van der Waals surface area contributed by atoms with E-state index in [4.69, 9.17) is 9.47 Å². The molecule has 0 aromatic heterocycles. The van der Waals surface area contributed by atoms with Gasteiger partial charge in [0.15, 0.2) is 6.10 Å². The first-order valence-electron chi connectivity index (χ1n) is 7.34. The van der Waals surface area contributed by atoms with Gasteiger partial charge in [0.1, 0.15) is 0 Å². The van der Waals surface area contributed by atoms with E-state index in [9.17, 15) is 9.59 Å². The first-order chi connectivity index (χ1) is 10.5. The predicted octanol–water partition coefficient (Wildman–Crippen LogP) is 1.16. The molecule has 0 saturated carbocycles. The molecule has 1 unspecified atom stereocenters. The fourth-order valence-electron chi connectivity index (χ4n) is 2.23. The van der Waals surface area contributed by atoms with Crippen LogP contribution in [0, 0.1) is 0 Å². The van der Waals surface area contributed by atoms with Crippen LogP contribution in [0.3, 0.4) is 0 Å². The lowest BCUT2D eigenvalue weighted by molar-refractivity contribution is -0.143. The Morgan fingerprint density at radius 3 is 2.59 bits per heavy atom. The highest BCUT2D eigenvalue weighted by Crippen LogP contribution is 2.15. The molecule has 1 atom stereocenters. The highest BCUT2D eigenvalue weighted by molar-refractivity contribution is 5.93. The smallest absolute Gasteiger partial charge is 0.338 e. The number of hydrogen-bond acceptors (Lipinski definition) is 5. The lowest BCUT2D eigenvalue weighted by atomic mass is 10.2. The molecule has 0 aliphatic carbocycles. The standard InChI is InChI=1S/C16H22N2O4/c1-12(15(19)18-7-9-21-10-8-18)22-16(20)13-5-4-6-14(11-13)17(2)3/h4-6,11-12H,7-10H2,1-3H3. The van der Waals surface area contributed by atoms with Crippen LogP contribution in [0.5, 0.6) is 0 Å². The number of benzene rings is 1. The van der Waals surface area contributed by atoms with Gasteiger partial charge in [-0.15, -0.1) is 0 Å². The second-order valence-electron chi connectivity index (χ2n) is 5.43. The van der Waals surface area contributed by atoms with Crippen molar-refractivity contribution in [3.05, 3.63) is 29.8 Å². The quantitative estimate of drug-likeness (QED) is 0.781. The Bertz CT molecular complexity index is 539. The number of amides is 1. The van der Waals surface area contributed by atoms with Crippen LogP contribution in [-0.2, 0) is 14.3 Å². The third kappa shape index (κ3) is 3.98. The molecule has 22 heavy (non-hydrogen) atoms. The Kier molecular flexibility index (Phi) is 5.38. The number of carbonyl (C=O) groups is 2. The monoisotopic (exact) mass is 306 g/mol. The summed E-state index contributed by atoms with van der Waals surface area (Å²) < 4.78 is 10.5. The van der Waals surface area contributed by atoms with Crippen molar-refractivity contribution >= 4 is 17.6 Å². The van der Waals surface area contributed by atoms with Crippen LogP contribution in [0.1, 0.15) is 17.3 Å². The Morgan fingerprint density at radius 2 is 1.95 bits per heavy atom. The van der Waals surface area contributed by atoms with Gasteiger partial charge in [0.2, 0.25) is 0 Å². The van der Waals surface area contributed by atoms with E-state index in [1.54, 1.807) is 30.0 Å². The van der Waals surface area contributed by atoms with Gasteiger partial charge in [0.25, 0.3) is 5.91 Å². The summed E-state index contributed by atoms with van der Waals surface area (Å²) in [6.45, 7) is 3.73. The predicted molar refractivity (Wildman–Crippen MR) is 83.0 cm³/mol. The van der Waals surface area contributed by atoms with Crippen molar-refractivity contribution in [2.75, 3.05) is 45.3 Å². The Morgan fingerprint density at radius 1 is 1.27 bits per heavy atom. The minimum absolute atomic E-state index is 0.180. The molecule has 1 aliphatic rings. The van der Waals surface area contributed by atoms with E-state index in [1.165, 1.54) is 0 Å². The van der Waals surface area contributed by atoms with Gasteiger partial charge in [-0.1, -0.05) is 6.07 Å². The third-order valence-electron chi connectivity index (χ3n) is 3.55. The van der Waals surface area contributed by atoms with E-state index >= 15 is 0 Å². The molecule has 6 nitrogen and oxygen atoms in total. The maximum atomic E-state index is 12.2. The van der Waals surface area contributed by atoms with E-state index in [0.29, 0.717) is 31.9 Å². The van der Waals surface area contributed by atoms with E-state index in [1.807, 2.05) is 25.1 Å².